The van der Waals surface area contributed by atoms with Crippen molar-refractivity contribution in [2.75, 3.05) is 11.9 Å². The Bertz CT molecular complexity index is 800. The topological polar surface area (TPSA) is 75.3 Å². The minimum Gasteiger partial charge on any atom is -0.325 e. The molecule has 0 bridgehead atoms. The van der Waals surface area contributed by atoms with Gasteiger partial charge in [0.1, 0.15) is 4.21 Å². The molecule has 0 spiro atoms. The SMILES string of the molecule is Cc1ccc(S(=O)(=O)NCC(=O)Nc2ccc(C)c(Cl)c2)s1. The van der Waals surface area contributed by atoms with E-state index in [0.717, 1.165) is 21.8 Å². The number of benzene rings is 1. The molecule has 0 fully saturated rings. The number of aryl methyl sites for hydroxylation is 2. The van der Waals surface area contributed by atoms with E-state index in [0.29, 0.717) is 10.7 Å². The van der Waals surface area contributed by atoms with Crippen molar-refractivity contribution in [3.05, 3.63) is 45.8 Å². The number of rotatable bonds is 5. The van der Waals surface area contributed by atoms with Crippen LogP contribution in [0, 0.1) is 13.8 Å². The van der Waals surface area contributed by atoms with Gasteiger partial charge in [0.2, 0.25) is 5.91 Å². The van der Waals surface area contributed by atoms with Gasteiger partial charge >= 0.3 is 0 Å². The Hall–Kier alpha value is -1.41. The normalized spacial score (nSPS) is 11.4. The Morgan fingerprint density at radius 3 is 2.55 bits per heavy atom. The molecule has 2 aromatic rings. The van der Waals surface area contributed by atoms with Crippen molar-refractivity contribution < 1.29 is 13.2 Å². The van der Waals surface area contributed by atoms with E-state index in [1.165, 1.54) is 6.07 Å². The minimum atomic E-state index is -3.66. The highest BCUT2D eigenvalue weighted by molar-refractivity contribution is 7.91. The van der Waals surface area contributed by atoms with E-state index in [-0.39, 0.29) is 10.8 Å². The largest absolute Gasteiger partial charge is 0.325 e. The zero-order valence-electron chi connectivity index (χ0n) is 12.0. The van der Waals surface area contributed by atoms with Crippen LogP contribution in [0.25, 0.3) is 0 Å². The number of halogens is 1. The fourth-order valence-corrected chi connectivity index (χ4v) is 4.15. The van der Waals surface area contributed by atoms with Gasteiger partial charge in [-0.15, -0.1) is 11.3 Å². The average Bonchev–Trinajstić information content (AvgIpc) is 2.88. The van der Waals surface area contributed by atoms with Crippen molar-refractivity contribution in [1.29, 1.82) is 0 Å². The van der Waals surface area contributed by atoms with Crippen LogP contribution in [0.1, 0.15) is 10.4 Å². The lowest BCUT2D eigenvalue weighted by molar-refractivity contribution is -0.115. The third-order valence-electron chi connectivity index (χ3n) is 2.86. The highest BCUT2D eigenvalue weighted by Crippen LogP contribution is 2.21. The molecule has 0 atom stereocenters. The summed E-state index contributed by atoms with van der Waals surface area (Å²) >= 11 is 7.12. The number of sulfonamides is 1. The fourth-order valence-electron chi connectivity index (χ4n) is 1.66. The van der Waals surface area contributed by atoms with Gasteiger partial charge in [-0.3, -0.25) is 4.79 Å². The Balaban J connectivity index is 1.96. The van der Waals surface area contributed by atoms with Gasteiger partial charge in [0.05, 0.1) is 6.54 Å². The first-order valence-corrected chi connectivity index (χ1v) is 9.08. The van der Waals surface area contributed by atoms with Gasteiger partial charge in [-0.2, -0.15) is 0 Å². The van der Waals surface area contributed by atoms with Gasteiger partial charge < -0.3 is 5.32 Å². The maximum atomic E-state index is 12.0. The lowest BCUT2D eigenvalue weighted by atomic mass is 10.2. The molecule has 0 radical (unpaired) electrons. The second-order valence-electron chi connectivity index (χ2n) is 4.70. The summed E-state index contributed by atoms with van der Waals surface area (Å²) < 4.78 is 26.5. The van der Waals surface area contributed by atoms with Crippen molar-refractivity contribution in [2.24, 2.45) is 0 Å². The predicted molar refractivity (Wildman–Crippen MR) is 89.1 cm³/mol. The number of carbonyl (C=O) groups is 1. The third-order valence-corrected chi connectivity index (χ3v) is 6.16. The molecule has 1 heterocycles. The lowest BCUT2D eigenvalue weighted by Crippen LogP contribution is -2.32. The summed E-state index contributed by atoms with van der Waals surface area (Å²) in [5.74, 6) is -0.461. The van der Waals surface area contributed by atoms with E-state index < -0.39 is 15.9 Å². The van der Waals surface area contributed by atoms with Crippen LogP contribution in [0.5, 0.6) is 0 Å². The molecule has 0 aliphatic heterocycles. The number of anilines is 1. The molecule has 2 rings (SSSR count). The Kier molecular flexibility index (Phi) is 5.23. The summed E-state index contributed by atoms with van der Waals surface area (Å²) in [5, 5.41) is 3.13. The highest BCUT2D eigenvalue weighted by atomic mass is 35.5. The van der Waals surface area contributed by atoms with Crippen LogP contribution in [0.15, 0.2) is 34.5 Å². The molecule has 118 valence electrons. The van der Waals surface area contributed by atoms with Crippen LogP contribution in [-0.4, -0.2) is 20.9 Å². The molecule has 1 aromatic heterocycles. The Labute approximate surface area is 138 Å². The van der Waals surface area contributed by atoms with Gasteiger partial charge in [0.25, 0.3) is 10.0 Å². The van der Waals surface area contributed by atoms with E-state index in [1.807, 2.05) is 13.8 Å². The summed E-state index contributed by atoms with van der Waals surface area (Å²) in [6.07, 6.45) is 0. The van der Waals surface area contributed by atoms with E-state index in [2.05, 4.69) is 10.0 Å². The minimum absolute atomic E-state index is 0.191. The fraction of sp³-hybridized carbons (Fsp3) is 0.214. The molecule has 1 aromatic carbocycles. The van der Waals surface area contributed by atoms with E-state index in [9.17, 15) is 13.2 Å². The van der Waals surface area contributed by atoms with Crippen LogP contribution in [0.2, 0.25) is 5.02 Å². The monoisotopic (exact) mass is 358 g/mol. The zero-order chi connectivity index (χ0) is 16.3. The first-order chi connectivity index (χ1) is 10.3. The van der Waals surface area contributed by atoms with Crippen molar-refractivity contribution in [2.45, 2.75) is 18.1 Å². The van der Waals surface area contributed by atoms with Gasteiger partial charge in [0.15, 0.2) is 0 Å². The Morgan fingerprint density at radius 2 is 1.95 bits per heavy atom. The highest BCUT2D eigenvalue weighted by Gasteiger charge is 2.17. The molecule has 0 saturated carbocycles. The number of carbonyl (C=O) groups excluding carboxylic acids is 1. The first kappa shape index (κ1) is 17.0. The molecule has 2 N–H and O–H groups in total. The smallest absolute Gasteiger partial charge is 0.250 e. The second kappa shape index (κ2) is 6.78. The van der Waals surface area contributed by atoms with Crippen LogP contribution in [0.4, 0.5) is 5.69 Å². The van der Waals surface area contributed by atoms with Crippen LogP contribution in [-0.2, 0) is 14.8 Å². The standard InChI is InChI=1S/C14H15ClN2O3S2/c1-9-3-5-11(7-12(9)15)17-13(18)8-16-22(19,20)14-6-4-10(2)21-14/h3-7,16H,8H2,1-2H3,(H,17,18). The summed E-state index contributed by atoms with van der Waals surface area (Å²) in [7, 11) is -3.66. The summed E-state index contributed by atoms with van der Waals surface area (Å²) in [4.78, 5) is 12.7. The molecule has 0 unspecified atom stereocenters. The van der Waals surface area contributed by atoms with Crippen LogP contribution < -0.4 is 10.0 Å². The van der Waals surface area contributed by atoms with Crippen molar-refractivity contribution in [3.63, 3.8) is 0 Å². The summed E-state index contributed by atoms with van der Waals surface area (Å²) in [6.45, 7) is 3.33. The number of hydrogen-bond acceptors (Lipinski definition) is 4. The molecule has 8 heteroatoms. The number of hydrogen-bond donors (Lipinski definition) is 2. The van der Waals surface area contributed by atoms with Gasteiger partial charge in [-0.1, -0.05) is 17.7 Å². The van der Waals surface area contributed by atoms with E-state index in [1.54, 1.807) is 24.3 Å². The van der Waals surface area contributed by atoms with Gasteiger partial charge in [0, 0.05) is 15.6 Å². The second-order valence-corrected chi connectivity index (χ2v) is 8.39. The van der Waals surface area contributed by atoms with Gasteiger partial charge in [-0.25, -0.2) is 13.1 Å². The Morgan fingerprint density at radius 1 is 1.23 bits per heavy atom. The molecular formula is C14H15ClN2O3S2. The molecule has 0 saturated heterocycles. The zero-order valence-corrected chi connectivity index (χ0v) is 14.4. The lowest BCUT2D eigenvalue weighted by Gasteiger charge is -2.08. The maximum absolute atomic E-state index is 12.0. The van der Waals surface area contributed by atoms with Crippen LogP contribution >= 0.6 is 22.9 Å². The van der Waals surface area contributed by atoms with Crippen molar-refractivity contribution >= 4 is 44.6 Å². The summed E-state index contributed by atoms with van der Waals surface area (Å²) in [5.41, 5.74) is 1.42. The molecule has 22 heavy (non-hydrogen) atoms. The third kappa shape index (κ3) is 4.30. The van der Waals surface area contributed by atoms with Crippen molar-refractivity contribution in [1.82, 2.24) is 4.72 Å². The number of nitrogens with one attached hydrogen (secondary N) is 2. The maximum Gasteiger partial charge on any atom is 0.250 e. The number of thiophene rings is 1. The molecule has 1 amide bonds. The molecule has 5 nitrogen and oxygen atoms in total. The molecule has 0 aliphatic carbocycles. The van der Waals surface area contributed by atoms with Crippen molar-refractivity contribution in [3.8, 4) is 0 Å². The van der Waals surface area contributed by atoms with Crippen LogP contribution in [0.3, 0.4) is 0 Å². The summed E-state index contributed by atoms with van der Waals surface area (Å²) in [6, 6.07) is 8.33. The quantitative estimate of drug-likeness (QED) is 0.862. The van der Waals surface area contributed by atoms with E-state index in [4.69, 9.17) is 11.6 Å². The van der Waals surface area contributed by atoms with E-state index >= 15 is 0 Å². The molecule has 0 aliphatic rings. The predicted octanol–water partition coefficient (Wildman–Crippen LogP) is 2.94. The first-order valence-electron chi connectivity index (χ1n) is 6.40. The average molecular weight is 359 g/mol. The van der Waals surface area contributed by atoms with Gasteiger partial charge in [-0.05, 0) is 43.7 Å². The number of amides is 1. The molecular weight excluding hydrogens is 344 g/mol.